The van der Waals surface area contributed by atoms with Gasteiger partial charge in [0.1, 0.15) is 11.9 Å². The number of amides is 1. The Balaban J connectivity index is 1.99. The fraction of sp³-hybridized carbons (Fsp3) is 0.526. The van der Waals surface area contributed by atoms with E-state index in [1.54, 1.807) is 12.1 Å². The number of benzene rings is 1. The molecule has 1 amide bonds. The molecular weight excluding hydrogens is 385 g/mol. The Morgan fingerprint density at radius 1 is 1.25 bits per heavy atom. The van der Waals surface area contributed by atoms with Crippen LogP contribution in [0.1, 0.15) is 26.2 Å². The number of halogens is 1. The van der Waals surface area contributed by atoms with Gasteiger partial charge in [-0.2, -0.15) is 4.31 Å². The molecule has 1 saturated heterocycles. The molecule has 1 fully saturated rings. The van der Waals surface area contributed by atoms with E-state index >= 15 is 0 Å². The predicted molar refractivity (Wildman–Crippen MR) is 105 cm³/mol. The molecule has 0 aliphatic carbocycles. The molecule has 1 atom stereocenters. The van der Waals surface area contributed by atoms with Crippen LogP contribution < -0.4 is 4.90 Å². The van der Waals surface area contributed by atoms with Crippen molar-refractivity contribution in [3.63, 3.8) is 0 Å². The molecule has 1 aliphatic rings. The van der Waals surface area contributed by atoms with Gasteiger partial charge >= 0.3 is 0 Å². The van der Waals surface area contributed by atoms with Gasteiger partial charge in [-0.3, -0.25) is 10.0 Å². The molecular formula is C19H26FN3O4S. The summed E-state index contributed by atoms with van der Waals surface area (Å²) in [6.07, 6.45) is 2.56. The number of nitrogens with zero attached hydrogens (tertiary/aromatic N) is 3. The summed E-state index contributed by atoms with van der Waals surface area (Å²) in [5, 5.41) is 10.0. The third-order valence-electron chi connectivity index (χ3n) is 4.54. The van der Waals surface area contributed by atoms with Gasteiger partial charge in [0.15, 0.2) is 0 Å². The van der Waals surface area contributed by atoms with Crippen molar-refractivity contribution in [3.05, 3.63) is 30.1 Å². The summed E-state index contributed by atoms with van der Waals surface area (Å²) in [6.45, 7) is 3.48. The number of hydroxylamine groups is 2. The van der Waals surface area contributed by atoms with Crippen LogP contribution in [0.4, 0.5) is 10.1 Å². The zero-order chi connectivity index (χ0) is 20.6. The fourth-order valence-corrected chi connectivity index (χ4v) is 4.46. The highest BCUT2D eigenvalue weighted by molar-refractivity contribution is 7.89. The molecule has 1 aromatic carbocycles. The smallest absolute Gasteiger partial charge is 0.234 e. The van der Waals surface area contributed by atoms with Gasteiger partial charge in [-0.05, 0) is 30.7 Å². The molecule has 0 saturated carbocycles. The number of hydrogen-bond donors (Lipinski definition) is 1. The summed E-state index contributed by atoms with van der Waals surface area (Å²) in [7, 11) is -3.71. The summed E-state index contributed by atoms with van der Waals surface area (Å²) in [5.74, 6) is 4.73. The monoisotopic (exact) mass is 411 g/mol. The van der Waals surface area contributed by atoms with Crippen molar-refractivity contribution in [2.75, 3.05) is 36.8 Å². The average molecular weight is 411 g/mol. The zero-order valence-electron chi connectivity index (χ0n) is 15.9. The van der Waals surface area contributed by atoms with E-state index in [0.717, 1.165) is 18.5 Å². The summed E-state index contributed by atoms with van der Waals surface area (Å²) in [4.78, 5) is 12.9. The highest BCUT2D eigenvalue weighted by Crippen LogP contribution is 2.18. The fourth-order valence-electron chi connectivity index (χ4n) is 2.89. The maximum atomic E-state index is 13.1. The van der Waals surface area contributed by atoms with Crippen molar-refractivity contribution in [3.8, 4) is 11.8 Å². The number of anilines is 1. The minimum Gasteiger partial charge on any atom is -0.369 e. The molecule has 0 radical (unpaired) electrons. The summed E-state index contributed by atoms with van der Waals surface area (Å²) in [6, 6.07) is 4.96. The van der Waals surface area contributed by atoms with Crippen LogP contribution in [0.3, 0.4) is 0 Å². The number of rotatable bonds is 8. The Bertz CT molecular complexity index is 797. The summed E-state index contributed by atoms with van der Waals surface area (Å²) >= 11 is 0. The van der Waals surface area contributed by atoms with Crippen LogP contribution >= 0.6 is 0 Å². The van der Waals surface area contributed by atoms with Crippen LogP contribution in [0.25, 0.3) is 0 Å². The number of unbranched alkanes of at least 4 members (excludes halogenated alkanes) is 2. The lowest BCUT2D eigenvalue weighted by atomic mass is 10.2. The molecule has 2 rings (SSSR count). The Labute approximate surface area is 165 Å². The maximum Gasteiger partial charge on any atom is 0.234 e. The SMILES string of the molecule is CCCCC#CC(CS(=O)(=O)N1CCN(c2ccc(F)cc2)CC1)N(O)C=O. The van der Waals surface area contributed by atoms with E-state index in [1.807, 2.05) is 11.8 Å². The molecule has 0 aromatic heterocycles. The molecule has 1 aromatic rings. The van der Waals surface area contributed by atoms with E-state index in [9.17, 15) is 22.8 Å². The van der Waals surface area contributed by atoms with E-state index in [0.29, 0.717) is 24.6 Å². The second-order valence-corrected chi connectivity index (χ2v) is 8.58. The van der Waals surface area contributed by atoms with Gasteiger partial charge in [0.05, 0.1) is 5.75 Å². The standard InChI is InChI=1S/C19H26FN3O4S/c1-2-3-4-5-6-19(23(25)16-24)15-28(26,27)22-13-11-21(12-14-22)18-9-7-17(20)8-10-18/h7-10,16,19,25H,2-4,11-15H2,1H3. The molecule has 28 heavy (non-hydrogen) atoms. The number of carbonyl (C=O) groups excluding carboxylic acids is 1. The predicted octanol–water partition coefficient (Wildman–Crippen LogP) is 1.69. The number of sulfonamides is 1. The van der Waals surface area contributed by atoms with Crippen molar-refractivity contribution >= 4 is 22.1 Å². The van der Waals surface area contributed by atoms with Crippen LogP contribution in [0.15, 0.2) is 24.3 Å². The first kappa shape index (κ1) is 22.1. The topological polar surface area (TPSA) is 81.2 Å². The Morgan fingerprint density at radius 2 is 1.89 bits per heavy atom. The van der Waals surface area contributed by atoms with Gasteiger partial charge in [0.25, 0.3) is 0 Å². The number of piperazine rings is 1. The Morgan fingerprint density at radius 3 is 2.46 bits per heavy atom. The second kappa shape index (κ2) is 10.4. The van der Waals surface area contributed by atoms with Gasteiger partial charge in [-0.15, -0.1) is 5.92 Å². The first-order valence-electron chi connectivity index (χ1n) is 9.26. The van der Waals surface area contributed by atoms with Crippen LogP contribution in [-0.2, 0) is 14.8 Å². The van der Waals surface area contributed by atoms with Gasteiger partial charge < -0.3 is 4.90 Å². The van der Waals surface area contributed by atoms with Gasteiger partial charge in [-0.1, -0.05) is 19.3 Å². The average Bonchev–Trinajstić information content (AvgIpc) is 2.70. The van der Waals surface area contributed by atoms with Gasteiger partial charge in [0.2, 0.25) is 16.4 Å². The Hall–Kier alpha value is -2.15. The third kappa shape index (κ3) is 6.19. The van der Waals surface area contributed by atoms with Gasteiger partial charge in [-0.25, -0.2) is 17.9 Å². The first-order chi connectivity index (χ1) is 13.4. The Kier molecular flexibility index (Phi) is 8.23. The normalized spacial score (nSPS) is 16.2. The minimum atomic E-state index is -3.71. The number of carbonyl (C=O) groups is 1. The number of hydrogen-bond acceptors (Lipinski definition) is 5. The van der Waals surface area contributed by atoms with E-state index in [1.165, 1.54) is 16.4 Å². The maximum absolute atomic E-state index is 13.1. The highest BCUT2D eigenvalue weighted by atomic mass is 32.2. The lowest BCUT2D eigenvalue weighted by molar-refractivity contribution is -0.153. The van der Waals surface area contributed by atoms with Crippen molar-refractivity contribution in [2.45, 2.75) is 32.2 Å². The molecule has 7 nitrogen and oxygen atoms in total. The molecule has 154 valence electrons. The molecule has 9 heteroatoms. The van der Waals surface area contributed by atoms with Gasteiger partial charge in [0, 0.05) is 38.3 Å². The molecule has 0 bridgehead atoms. The van der Waals surface area contributed by atoms with Crippen molar-refractivity contribution in [2.24, 2.45) is 0 Å². The second-order valence-electron chi connectivity index (χ2n) is 6.57. The quantitative estimate of drug-likeness (QED) is 0.231. The van der Waals surface area contributed by atoms with E-state index < -0.39 is 21.8 Å². The summed E-state index contributed by atoms with van der Waals surface area (Å²) < 4.78 is 39.9. The van der Waals surface area contributed by atoms with E-state index in [4.69, 9.17) is 0 Å². The summed E-state index contributed by atoms with van der Waals surface area (Å²) in [5.41, 5.74) is 0.834. The van der Waals surface area contributed by atoms with Crippen molar-refractivity contribution in [1.82, 2.24) is 9.37 Å². The molecule has 1 unspecified atom stereocenters. The molecule has 1 aliphatic heterocycles. The third-order valence-corrected chi connectivity index (χ3v) is 6.43. The van der Waals surface area contributed by atoms with Crippen LogP contribution in [0.5, 0.6) is 0 Å². The highest BCUT2D eigenvalue weighted by Gasteiger charge is 2.31. The van der Waals surface area contributed by atoms with Crippen LogP contribution in [0, 0.1) is 17.7 Å². The largest absolute Gasteiger partial charge is 0.369 e. The van der Waals surface area contributed by atoms with E-state index in [-0.39, 0.29) is 25.3 Å². The lowest BCUT2D eigenvalue weighted by Gasteiger charge is -2.36. The molecule has 1 heterocycles. The lowest BCUT2D eigenvalue weighted by Crippen LogP contribution is -2.51. The molecule has 0 spiro atoms. The minimum absolute atomic E-state index is 0.168. The van der Waals surface area contributed by atoms with Crippen LogP contribution in [0.2, 0.25) is 0 Å². The van der Waals surface area contributed by atoms with Crippen molar-refractivity contribution in [1.29, 1.82) is 0 Å². The molecule has 1 N–H and O–H groups in total. The zero-order valence-corrected chi connectivity index (χ0v) is 16.7. The first-order valence-corrected chi connectivity index (χ1v) is 10.9. The van der Waals surface area contributed by atoms with Crippen molar-refractivity contribution < 1.29 is 22.8 Å². The van der Waals surface area contributed by atoms with E-state index in [2.05, 4.69) is 11.8 Å². The van der Waals surface area contributed by atoms with Crippen LogP contribution in [-0.4, -0.2) is 67.4 Å².